The molecule has 1 rings (SSSR count). The predicted octanol–water partition coefficient (Wildman–Crippen LogP) is 2.11. The third-order valence-electron chi connectivity index (χ3n) is 2.44. The van der Waals surface area contributed by atoms with Crippen LogP contribution in [0.3, 0.4) is 0 Å². The first kappa shape index (κ1) is 14.2. The van der Waals surface area contributed by atoms with Crippen molar-refractivity contribution in [3.8, 4) is 0 Å². The normalized spacial score (nSPS) is 12.2. The van der Waals surface area contributed by atoms with E-state index in [1.54, 1.807) is 0 Å². The van der Waals surface area contributed by atoms with Crippen LogP contribution in [0.1, 0.15) is 19.4 Å². The van der Waals surface area contributed by atoms with Crippen LogP contribution >= 0.6 is 15.9 Å². The van der Waals surface area contributed by atoms with Crippen LogP contribution in [0.15, 0.2) is 28.7 Å². The predicted molar refractivity (Wildman–Crippen MR) is 74.0 cm³/mol. The van der Waals surface area contributed by atoms with Gasteiger partial charge in [-0.05, 0) is 31.2 Å². The molecule has 2 N–H and O–H groups in total. The van der Waals surface area contributed by atoms with Gasteiger partial charge in [-0.25, -0.2) is 0 Å². The van der Waals surface area contributed by atoms with Gasteiger partial charge in [0.2, 0.25) is 5.91 Å². The minimum atomic E-state index is 0.0667. The van der Waals surface area contributed by atoms with Crippen molar-refractivity contribution in [2.24, 2.45) is 0 Å². The molecule has 3 nitrogen and oxygen atoms in total. The third-order valence-corrected chi connectivity index (χ3v) is 2.96. The lowest BCUT2D eigenvalue weighted by Gasteiger charge is -2.13. The van der Waals surface area contributed by atoms with Gasteiger partial charge in [0.1, 0.15) is 0 Å². The zero-order valence-corrected chi connectivity index (χ0v) is 11.9. The van der Waals surface area contributed by atoms with Crippen molar-refractivity contribution in [1.29, 1.82) is 0 Å². The zero-order valence-electron chi connectivity index (χ0n) is 10.3. The molecule has 1 atom stereocenters. The van der Waals surface area contributed by atoms with Gasteiger partial charge in [-0.2, -0.15) is 0 Å². The maximum absolute atomic E-state index is 11.7. The van der Waals surface area contributed by atoms with Gasteiger partial charge in [0, 0.05) is 17.1 Å². The molecule has 4 heteroatoms. The van der Waals surface area contributed by atoms with E-state index in [4.69, 9.17) is 0 Å². The van der Waals surface area contributed by atoms with Crippen LogP contribution in [0.4, 0.5) is 0 Å². The smallest absolute Gasteiger partial charge is 0.224 e. The van der Waals surface area contributed by atoms with E-state index in [9.17, 15) is 4.79 Å². The van der Waals surface area contributed by atoms with E-state index in [2.05, 4.69) is 40.4 Å². The number of carbonyl (C=O) groups is 1. The fourth-order valence-corrected chi connectivity index (χ4v) is 1.80. The number of benzene rings is 1. The second-order valence-electron chi connectivity index (χ2n) is 4.07. The molecule has 0 saturated carbocycles. The highest BCUT2D eigenvalue weighted by atomic mass is 79.9. The van der Waals surface area contributed by atoms with E-state index in [0.717, 1.165) is 16.6 Å². The molecule has 1 amide bonds. The Morgan fingerprint density at radius 1 is 1.35 bits per heavy atom. The first-order valence-electron chi connectivity index (χ1n) is 5.86. The zero-order chi connectivity index (χ0) is 12.7. The lowest BCUT2D eigenvalue weighted by Crippen LogP contribution is -2.39. The summed E-state index contributed by atoms with van der Waals surface area (Å²) in [7, 11) is 0. The molecule has 0 aliphatic heterocycles. The molecule has 0 aliphatic rings. The summed E-state index contributed by atoms with van der Waals surface area (Å²) in [6, 6.07) is 8.12. The first-order chi connectivity index (χ1) is 8.11. The highest BCUT2D eigenvalue weighted by Crippen LogP contribution is 2.10. The Morgan fingerprint density at radius 2 is 2.00 bits per heavy atom. The number of halogens is 1. The van der Waals surface area contributed by atoms with E-state index >= 15 is 0 Å². The van der Waals surface area contributed by atoms with E-state index in [-0.39, 0.29) is 5.91 Å². The lowest BCUT2D eigenvalue weighted by atomic mass is 10.1. The molecule has 0 saturated heterocycles. The number of amides is 1. The van der Waals surface area contributed by atoms with Crippen LogP contribution in [0.25, 0.3) is 0 Å². The summed E-state index contributed by atoms with van der Waals surface area (Å²) in [5.41, 5.74) is 1.03. The van der Waals surface area contributed by atoms with Crippen LogP contribution in [-0.4, -0.2) is 25.0 Å². The van der Waals surface area contributed by atoms with Crippen molar-refractivity contribution in [3.05, 3.63) is 34.3 Å². The van der Waals surface area contributed by atoms with Crippen molar-refractivity contribution in [2.45, 2.75) is 26.3 Å². The average Bonchev–Trinajstić information content (AvgIpc) is 2.30. The Morgan fingerprint density at radius 3 is 2.59 bits per heavy atom. The standard InChI is InChI=1S/C13H19BrN2O/c1-3-15-10(2)9-16-13(17)8-11-4-6-12(14)7-5-11/h4-7,10,15H,3,8-9H2,1-2H3,(H,16,17)/t10-/m1/s1. The molecule has 0 fully saturated rings. The first-order valence-corrected chi connectivity index (χ1v) is 6.65. The Balaban J connectivity index is 2.32. The molecular formula is C13H19BrN2O. The Hall–Kier alpha value is -0.870. The maximum atomic E-state index is 11.7. The number of rotatable bonds is 6. The second kappa shape index (κ2) is 7.45. The van der Waals surface area contributed by atoms with E-state index in [1.165, 1.54) is 0 Å². The van der Waals surface area contributed by atoms with Gasteiger partial charge in [0.05, 0.1) is 6.42 Å². The minimum Gasteiger partial charge on any atom is -0.354 e. The fourth-order valence-electron chi connectivity index (χ4n) is 1.54. The molecule has 0 bridgehead atoms. The molecule has 17 heavy (non-hydrogen) atoms. The monoisotopic (exact) mass is 298 g/mol. The Kier molecular flexibility index (Phi) is 6.22. The van der Waals surface area contributed by atoms with Crippen molar-refractivity contribution in [3.63, 3.8) is 0 Å². The number of nitrogens with one attached hydrogen (secondary N) is 2. The van der Waals surface area contributed by atoms with Crippen molar-refractivity contribution in [2.75, 3.05) is 13.1 Å². The summed E-state index contributed by atoms with van der Waals surface area (Å²) in [6.07, 6.45) is 0.437. The maximum Gasteiger partial charge on any atom is 0.224 e. The summed E-state index contributed by atoms with van der Waals surface area (Å²) >= 11 is 3.37. The van der Waals surface area contributed by atoms with Gasteiger partial charge in [-0.1, -0.05) is 35.0 Å². The van der Waals surface area contributed by atoms with Crippen LogP contribution < -0.4 is 10.6 Å². The number of hydrogen-bond donors (Lipinski definition) is 2. The quantitative estimate of drug-likeness (QED) is 0.844. The minimum absolute atomic E-state index is 0.0667. The van der Waals surface area contributed by atoms with Crippen LogP contribution in [-0.2, 0) is 11.2 Å². The SMILES string of the molecule is CCN[C@H](C)CNC(=O)Cc1ccc(Br)cc1. The molecule has 0 aromatic heterocycles. The van der Waals surface area contributed by atoms with Gasteiger partial charge in [0.25, 0.3) is 0 Å². The topological polar surface area (TPSA) is 41.1 Å². The summed E-state index contributed by atoms with van der Waals surface area (Å²) < 4.78 is 1.03. The lowest BCUT2D eigenvalue weighted by molar-refractivity contribution is -0.120. The molecular weight excluding hydrogens is 280 g/mol. The summed E-state index contributed by atoms with van der Waals surface area (Å²) in [5, 5.41) is 6.17. The molecule has 1 aromatic rings. The van der Waals surface area contributed by atoms with Crippen LogP contribution in [0, 0.1) is 0 Å². The number of hydrogen-bond acceptors (Lipinski definition) is 2. The number of carbonyl (C=O) groups excluding carboxylic acids is 1. The molecule has 0 aliphatic carbocycles. The van der Waals surface area contributed by atoms with Gasteiger partial charge < -0.3 is 10.6 Å². The summed E-state index contributed by atoms with van der Waals surface area (Å²) in [6.45, 7) is 5.70. The van der Waals surface area contributed by atoms with E-state index < -0.39 is 0 Å². The third kappa shape index (κ3) is 5.84. The highest BCUT2D eigenvalue weighted by Gasteiger charge is 2.05. The average molecular weight is 299 g/mol. The summed E-state index contributed by atoms with van der Waals surface area (Å²) in [4.78, 5) is 11.7. The molecule has 1 aromatic carbocycles. The summed E-state index contributed by atoms with van der Waals surface area (Å²) in [5.74, 6) is 0.0667. The Bertz CT molecular complexity index is 351. The van der Waals surface area contributed by atoms with Crippen LogP contribution in [0.5, 0.6) is 0 Å². The van der Waals surface area contributed by atoms with Crippen molar-refractivity contribution < 1.29 is 4.79 Å². The van der Waals surface area contributed by atoms with E-state index in [0.29, 0.717) is 19.0 Å². The van der Waals surface area contributed by atoms with Gasteiger partial charge in [-0.3, -0.25) is 4.79 Å². The van der Waals surface area contributed by atoms with Gasteiger partial charge in [0.15, 0.2) is 0 Å². The van der Waals surface area contributed by atoms with E-state index in [1.807, 2.05) is 24.3 Å². The largest absolute Gasteiger partial charge is 0.354 e. The second-order valence-corrected chi connectivity index (χ2v) is 4.98. The highest BCUT2D eigenvalue weighted by molar-refractivity contribution is 9.10. The molecule has 0 spiro atoms. The molecule has 0 radical (unpaired) electrons. The number of likely N-dealkylation sites (N-methyl/N-ethyl adjacent to an activating group) is 1. The van der Waals surface area contributed by atoms with Crippen molar-refractivity contribution >= 4 is 21.8 Å². The van der Waals surface area contributed by atoms with Crippen molar-refractivity contribution in [1.82, 2.24) is 10.6 Å². The molecule has 0 unspecified atom stereocenters. The van der Waals surface area contributed by atoms with Crippen LogP contribution in [0.2, 0.25) is 0 Å². The van der Waals surface area contributed by atoms with Gasteiger partial charge in [-0.15, -0.1) is 0 Å². The molecule has 94 valence electrons. The van der Waals surface area contributed by atoms with Gasteiger partial charge >= 0.3 is 0 Å². The molecule has 0 heterocycles. The fraction of sp³-hybridized carbons (Fsp3) is 0.462. The Labute approximate surface area is 111 Å².